The van der Waals surface area contributed by atoms with E-state index in [0.717, 1.165) is 36.4 Å². The van der Waals surface area contributed by atoms with Crippen molar-refractivity contribution in [2.45, 2.75) is 25.7 Å². The molecule has 24 heavy (non-hydrogen) atoms. The first-order chi connectivity index (χ1) is 11.8. The Morgan fingerprint density at radius 3 is 2.54 bits per heavy atom. The SMILES string of the molecule is O=C(c1cccc(-c2ccccc2)c1)C1CCCN(CC2CC2)C1. The fraction of sp³-hybridized carbons (Fsp3) is 0.409. The highest BCUT2D eigenvalue weighted by molar-refractivity contribution is 5.99. The molecule has 0 radical (unpaired) electrons. The normalized spacial score (nSPS) is 21.6. The summed E-state index contributed by atoms with van der Waals surface area (Å²) in [5.41, 5.74) is 3.17. The third-order valence-corrected chi connectivity index (χ3v) is 5.34. The van der Waals surface area contributed by atoms with Gasteiger partial charge in [0.2, 0.25) is 0 Å². The molecule has 1 aliphatic heterocycles. The largest absolute Gasteiger partial charge is 0.302 e. The zero-order valence-corrected chi connectivity index (χ0v) is 14.2. The molecule has 0 amide bonds. The van der Waals surface area contributed by atoms with Crippen LogP contribution in [0.2, 0.25) is 0 Å². The summed E-state index contributed by atoms with van der Waals surface area (Å²) in [6, 6.07) is 18.5. The number of hydrogen-bond donors (Lipinski definition) is 0. The number of likely N-dealkylation sites (tertiary alicyclic amines) is 1. The molecule has 1 unspecified atom stereocenters. The minimum Gasteiger partial charge on any atom is -0.302 e. The van der Waals surface area contributed by atoms with Crippen LogP contribution in [0.1, 0.15) is 36.0 Å². The van der Waals surface area contributed by atoms with Gasteiger partial charge in [-0.1, -0.05) is 48.5 Å². The summed E-state index contributed by atoms with van der Waals surface area (Å²) >= 11 is 0. The lowest BCUT2D eigenvalue weighted by Crippen LogP contribution is -2.39. The third-order valence-electron chi connectivity index (χ3n) is 5.34. The Kier molecular flexibility index (Phi) is 4.48. The van der Waals surface area contributed by atoms with Crippen LogP contribution in [-0.4, -0.2) is 30.3 Å². The predicted octanol–water partition coefficient (Wildman–Crippen LogP) is 4.66. The second-order valence-electron chi connectivity index (χ2n) is 7.35. The maximum Gasteiger partial charge on any atom is 0.167 e. The molecule has 1 heterocycles. The number of hydrogen-bond acceptors (Lipinski definition) is 2. The first-order valence-corrected chi connectivity index (χ1v) is 9.21. The summed E-state index contributed by atoms with van der Waals surface area (Å²) in [4.78, 5) is 15.5. The van der Waals surface area contributed by atoms with E-state index in [-0.39, 0.29) is 5.92 Å². The minimum atomic E-state index is 0.170. The molecule has 1 saturated heterocycles. The topological polar surface area (TPSA) is 20.3 Å². The minimum absolute atomic E-state index is 0.170. The van der Waals surface area contributed by atoms with Gasteiger partial charge in [0.1, 0.15) is 0 Å². The molecule has 4 rings (SSSR count). The van der Waals surface area contributed by atoms with Crippen LogP contribution in [0.3, 0.4) is 0 Å². The zero-order valence-electron chi connectivity index (χ0n) is 14.2. The van der Waals surface area contributed by atoms with Crippen molar-refractivity contribution in [1.29, 1.82) is 0 Å². The molecule has 0 bridgehead atoms. The van der Waals surface area contributed by atoms with E-state index in [0.29, 0.717) is 5.78 Å². The van der Waals surface area contributed by atoms with E-state index in [1.54, 1.807) is 0 Å². The van der Waals surface area contributed by atoms with Crippen LogP contribution in [-0.2, 0) is 0 Å². The lowest BCUT2D eigenvalue weighted by Gasteiger charge is -2.32. The summed E-state index contributed by atoms with van der Waals surface area (Å²) in [6.45, 7) is 3.32. The van der Waals surface area contributed by atoms with Crippen LogP contribution in [0.15, 0.2) is 54.6 Å². The highest BCUT2D eigenvalue weighted by atomic mass is 16.1. The Bertz CT molecular complexity index is 705. The van der Waals surface area contributed by atoms with Gasteiger partial charge in [0.25, 0.3) is 0 Å². The Morgan fingerprint density at radius 1 is 0.958 bits per heavy atom. The van der Waals surface area contributed by atoms with Crippen molar-refractivity contribution in [3.8, 4) is 11.1 Å². The number of rotatable bonds is 5. The molecule has 0 N–H and O–H groups in total. The molecule has 1 atom stereocenters. The van der Waals surface area contributed by atoms with E-state index in [9.17, 15) is 4.79 Å². The molecule has 2 heteroatoms. The van der Waals surface area contributed by atoms with Crippen molar-refractivity contribution in [2.75, 3.05) is 19.6 Å². The van der Waals surface area contributed by atoms with E-state index < -0.39 is 0 Å². The van der Waals surface area contributed by atoms with Crippen molar-refractivity contribution in [3.05, 3.63) is 60.2 Å². The van der Waals surface area contributed by atoms with E-state index in [2.05, 4.69) is 29.2 Å². The molecule has 124 valence electrons. The second kappa shape index (κ2) is 6.90. The van der Waals surface area contributed by atoms with Crippen molar-refractivity contribution < 1.29 is 4.79 Å². The summed E-state index contributed by atoms with van der Waals surface area (Å²) in [6.07, 6.45) is 4.96. The fourth-order valence-corrected chi connectivity index (χ4v) is 3.82. The molecule has 2 nitrogen and oxygen atoms in total. The molecular weight excluding hydrogens is 294 g/mol. The van der Waals surface area contributed by atoms with Gasteiger partial charge in [-0.3, -0.25) is 4.79 Å². The van der Waals surface area contributed by atoms with E-state index in [4.69, 9.17) is 0 Å². The lowest BCUT2D eigenvalue weighted by atomic mass is 9.89. The van der Waals surface area contributed by atoms with Gasteiger partial charge in [-0.05, 0) is 55.3 Å². The van der Waals surface area contributed by atoms with Gasteiger partial charge < -0.3 is 4.90 Å². The Balaban J connectivity index is 1.49. The van der Waals surface area contributed by atoms with Gasteiger partial charge >= 0.3 is 0 Å². The average Bonchev–Trinajstić information content (AvgIpc) is 3.46. The van der Waals surface area contributed by atoms with Gasteiger partial charge in [0, 0.05) is 24.6 Å². The number of carbonyl (C=O) groups excluding carboxylic acids is 1. The third kappa shape index (κ3) is 3.59. The first-order valence-electron chi connectivity index (χ1n) is 9.21. The molecule has 0 spiro atoms. The summed E-state index contributed by atoms with van der Waals surface area (Å²) in [5, 5.41) is 0. The Hall–Kier alpha value is -1.93. The number of benzene rings is 2. The van der Waals surface area contributed by atoms with Gasteiger partial charge in [0.05, 0.1) is 0 Å². The van der Waals surface area contributed by atoms with Crippen LogP contribution >= 0.6 is 0 Å². The summed E-state index contributed by atoms with van der Waals surface area (Å²) in [7, 11) is 0. The molecule has 1 saturated carbocycles. The van der Waals surface area contributed by atoms with Crippen molar-refractivity contribution in [2.24, 2.45) is 11.8 Å². The number of nitrogens with zero attached hydrogens (tertiary/aromatic N) is 1. The quantitative estimate of drug-likeness (QED) is 0.747. The van der Waals surface area contributed by atoms with E-state index in [1.165, 1.54) is 31.5 Å². The standard InChI is InChI=1S/C22H25NO/c24-22(21-10-5-13-23(16-21)15-17-11-12-17)20-9-4-8-19(14-20)18-6-2-1-3-7-18/h1-4,6-9,14,17,21H,5,10-13,15-16H2. The highest BCUT2D eigenvalue weighted by Crippen LogP contribution is 2.32. The molecule has 1 aliphatic carbocycles. The smallest absolute Gasteiger partial charge is 0.167 e. The molecule has 2 aliphatic rings. The summed E-state index contributed by atoms with van der Waals surface area (Å²) in [5.74, 6) is 1.40. The van der Waals surface area contributed by atoms with Crippen molar-refractivity contribution in [3.63, 3.8) is 0 Å². The van der Waals surface area contributed by atoms with Crippen LogP contribution in [0, 0.1) is 11.8 Å². The summed E-state index contributed by atoms with van der Waals surface area (Å²) < 4.78 is 0. The predicted molar refractivity (Wildman–Crippen MR) is 98.1 cm³/mol. The van der Waals surface area contributed by atoms with Crippen LogP contribution in [0.4, 0.5) is 0 Å². The maximum absolute atomic E-state index is 13.0. The fourth-order valence-electron chi connectivity index (χ4n) is 3.82. The Morgan fingerprint density at radius 2 is 1.75 bits per heavy atom. The molecular formula is C22H25NO. The van der Waals surface area contributed by atoms with Crippen molar-refractivity contribution >= 4 is 5.78 Å². The van der Waals surface area contributed by atoms with Crippen LogP contribution < -0.4 is 0 Å². The molecule has 2 fully saturated rings. The number of ketones is 1. The van der Waals surface area contributed by atoms with Crippen molar-refractivity contribution in [1.82, 2.24) is 4.90 Å². The first kappa shape index (κ1) is 15.6. The van der Waals surface area contributed by atoms with Gasteiger partial charge in [-0.15, -0.1) is 0 Å². The number of carbonyl (C=O) groups is 1. The van der Waals surface area contributed by atoms with E-state index >= 15 is 0 Å². The second-order valence-corrected chi connectivity index (χ2v) is 7.35. The van der Waals surface area contributed by atoms with Crippen LogP contribution in [0.5, 0.6) is 0 Å². The maximum atomic E-state index is 13.0. The molecule has 2 aromatic carbocycles. The average molecular weight is 319 g/mol. The monoisotopic (exact) mass is 319 g/mol. The van der Waals surface area contributed by atoms with Gasteiger partial charge in [-0.2, -0.15) is 0 Å². The Labute approximate surface area is 144 Å². The lowest BCUT2D eigenvalue weighted by molar-refractivity contribution is 0.0814. The van der Waals surface area contributed by atoms with Crippen LogP contribution in [0.25, 0.3) is 11.1 Å². The molecule has 0 aromatic heterocycles. The van der Waals surface area contributed by atoms with E-state index in [1.807, 2.05) is 30.3 Å². The highest BCUT2D eigenvalue weighted by Gasteiger charge is 2.30. The zero-order chi connectivity index (χ0) is 16.4. The van der Waals surface area contributed by atoms with Gasteiger partial charge in [-0.25, -0.2) is 0 Å². The number of Topliss-reactive ketones (excluding diaryl/α,β-unsaturated/α-hetero) is 1. The molecule has 2 aromatic rings. The van der Waals surface area contributed by atoms with Gasteiger partial charge in [0.15, 0.2) is 5.78 Å². The number of piperidine rings is 1.